The Bertz CT molecular complexity index is 159. The number of hydrogen-bond donors (Lipinski definition) is 1. The van der Waals surface area contributed by atoms with E-state index in [0.29, 0.717) is 6.61 Å². The van der Waals surface area contributed by atoms with Gasteiger partial charge in [0.1, 0.15) is 0 Å². The summed E-state index contributed by atoms with van der Waals surface area (Å²) in [6.45, 7) is 6.11. The van der Waals surface area contributed by atoms with Gasteiger partial charge in [-0.05, 0) is 12.5 Å². The van der Waals surface area contributed by atoms with Crippen LogP contribution in [-0.2, 0) is 9.47 Å². The normalized spacial score (nSPS) is 12.1. The molecule has 4 nitrogen and oxygen atoms in total. The van der Waals surface area contributed by atoms with Crippen LogP contribution in [-0.4, -0.2) is 19.0 Å². The van der Waals surface area contributed by atoms with Crippen molar-refractivity contribution in [3.8, 4) is 0 Å². The topological polar surface area (TPSA) is 61.6 Å². The van der Waals surface area contributed by atoms with Gasteiger partial charge in [0.2, 0.25) is 6.29 Å². The summed E-state index contributed by atoms with van der Waals surface area (Å²) >= 11 is 0. The van der Waals surface area contributed by atoms with Gasteiger partial charge in [-0.25, -0.2) is 4.79 Å². The first-order chi connectivity index (χ1) is 6.20. The highest BCUT2D eigenvalue weighted by molar-refractivity contribution is 5.64. The van der Waals surface area contributed by atoms with Gasteiger partial charge in [0.15, 0.2) is 0 Å². The molecule has 1 amide bonds. The molecule has 0 aromatic heterocycles. The van der Waals surface area contributed by atoms with Gasteiger partial charge in [0.05, 0.1) is 6.61 Å². The molecule has 0 aliphatic rings. The van der Waals surface area contributed by atoms with Crippen LogP contribution in [0.5, 0.6) is 0 Å². The summed E-state index contributed by atoms with van der Waals surface area (Å²) in [5.41, 5.74) is 4.81. The molecule has 4 heteroatoms. The molecule has 0 radical (unpaired) electrons. The molecule has 13 heavy (non-hydrogen) atoms. The molecule has 2 N–H and O–H groups in total. The summed E-state index contributed by atoms with van der Waals surface area (Å²) in [4.78, 5) is 10.3. The molecule has 0 aromatic rings. The van der Waals surface area contributed by atoms with Crippen molar-refractivity contribution in [2.45, 2.75) is 32.5 Å². The molecule has 0 heterocycles. The molecule has 0 aromatic carbocycles. The van der Waals surface area contributed by atoms with Gasteiger partial charge in [-0.3, -0.25) is 0 Å². The highest BCUT2D eigenvalue weighted by Gasteiger charge is 2.06. The number of carbonyl (C=O) groups excluding carboxylic acids is 1. The largest absolute Gasteiger partial charge is 0.416 e. The summed E-state index contributed by atoms with van der Waals surface area (Å²) in [6.07, 6.45) is 3.01. The summed E-state index contributed by atoms with van der Waals surface area (Å²) in [5.74, 6) is 0. The number of primary amides is 1. The van der Waals surface area contributed by atoms with E-state index in [0.717, 1.165) is 19.3 Å². The van der Waals surface area contributed by atoms with Gasteiger partial charge in [-0.15, -0.1) is 0 Å². The zero-order chi connectivity index (χ0) is 10.1. The molecule has 0 saturated heterocycles. The van der Waals surface area contributed by atoms with Crippen molar-refractivity contribution in [2.24, 2.45) is 5.73 Å². The number of ether oxygens (including phenoxy) is 2. The molecule has 0 saturated carbocycles. The van der Waals surface area contributed by atoms with Crippen LogP contribution in [0.25, 0.3) is 0 Å². The number of amides is 1. The smallest absolute Gasteiger partial charge is 0.407 e. The fraction of sp³-hybridized carbons (Fsp3) is 0.667. The van der Waals surface area contributed by atoms with E-state index in [2.05, 4.69) is 18.2 Å². The lowest BCUT2D eigenvalue weighted by atomic mass is 10.3. The van der Waals surface area contributed by atoms with Crippen molar-refractivity contribution in [2.75, 3.05) is 6.61 Å². The lowest BCUT2D eigenvalue weighted by Crippen LogP contribution is -2.23. The molecule has 0 fully saturated rings. The van der Waals surface area contributed by atoms with Crippen LogP contribution in [0, 0.1) is 0 Å². The van der Waals surface area contributed by atoms with E-state index in [1.807, 2.05) is 0 Å². The van der Waals surface area contributed by atoms with Crippen LogP contribution in [0.3, 0.4) is 0 Å². The monoisotopic (exact) mass is 187 g/mol. The quantitative estimate of drug-likeness (QED) is 0.375. The third-order valence-electron chi connectivity index (χ3n) is 1.45. The van der Waals surface area contributed by atoms with Crippen molar-refractivity contribution in [3.05, 3.63) is 12.7 Å². The number of carbonyl (C=O) groups is 1. The fourth-order valence-corrected chi connectivity index (χ4v) is 0.816. The molecule has 0 spiro atoms. The Labute approximate surface area is 78.7 Å². The number of nitrogens with two attached hydrogens (primary N) is 1. The Morgan fingerprint density at radius 2 is 2.31 bits per heavy atom. The van der Waals surface area contributed by atoms with E-state index in [4.69, 9.17) is 10.5 Å². The molecule has 1 unspecified atom stereocenters. The maximum Gasteiger partial charge on any atom is 0.407 e. The first-order valence-corrected chi connectivity index (χ1v) is 4.41. The van der Waals surface area contributed by atoms with E-state index < -0.39 is 12.4 Å². The van der Waals surface area contributed by atoms with Gasteiger partial charge in [0.25, 0.3) is 0 Å². The first kappa shape index (κ1) is 12.0. The summed E-state index contributed by atoms with van der Waals surface area (Å²) < 4.78 is 9.74. The Morgan fingerprint density at radius 3 is 2.77 bits per heavy atom. The second kappa shape index (κ2) is 7.61. The molecule has 0 bridgehead atoms. The first-order valence-electron chi connectivity index (χ1n) is 4.41. The van der Waals surface area contributed by atoms with Crippen LogP contribution >= 0.6 is 0 Å². The molecular formula is C9H17NO3. The van der Waals surface area contributed by atoms with Crippen molar-refractivity contribution in [1.82, 2.24) is 0 Å². The minimum absolute atomic E-state index is 0.553. The van der Waals surface area contributed by atoms with Crippen LogP contribution < -0.4 is 5.73 Å². The van der Waals surface area contributed by atoms with Crippen LogP contribution in [0.2, 0.25) is 0 Å². The van der Waals surface area contributed by atoms with Gasteiger partial charge < -0.3 is 15.2 Å². The lowest BCUT2D eigenvalue weighted by molar-refractivity contribution is -0.0698. The fourth-order valence-electron chi connectivity index (χ4n) is 0.816. The highest BCUT2D eigenvalue weighted by Crippen LogP contribution is 2.00. The maximum absolute atomic E-state index is 10.3. The molecule has 0 aliphatic carbocycles. The molecule has 0 rings (SSSR count). The van der Waals surface area contributed by atoms with E-state index >= 15 is 0 Å². The van der Waals surface area contributed by atoms with E-state index in [1.54, 1.807) is 0 Å². The van der Waals surface area contributed by atoms with Gasteiger partial charge >= 0.3 is 6.09 Å². The van der Waals surface area contributed by atoms with Crippen molar-refractivity contribution in [3.63, 3.8) is 0 Å². The number of unbranched alkanes of at least 4 members (excludes halogenated alkanes) is 2. The molecule has 0 aliphatic heterocycles. The van der Waals surface area contributed by atoms with Crippen molar-refractivity contribution in [1.29, 1.82) is 0 Å². The van der Waals surface area contributed by atoms with E-state index in [-0.39, 0.29) is 0 Å². The Hall–Kier alpha value is -1.03. The zero-order valence-electron chi connectivity index (χ0n) is 7.99. The standard InChI is InChI=1S/C9H17NO3/c1-3-5-6-7-12-8(4-2)13-9(10)11/h4,8H,2-3,5-7H2,1H3,(H2,10,11). The van der Waals surface area contributed by atoms with E-state index in [9.17, 15) is 4.79 Å². The predicted octanol–water partition coefficient (Wildman–Crippen LogP) is 1.80. The maximum atomic E-state index is 10.3. The average Bonchev–Trinajstić information content (AvgIpc) is 2.09. The summed E-state index contributed by atoms with van der Waals surface area (Å²) in [7, 11) is 0. The molecule has 76 valence electrons. The minimum Gasteiger partial charge on any atom is -0.416 e. The summed E-state index contributed by atoms with van der Waals surface area (Å²) in [6, 6.07) is 0. The van der Waals surface area contributed by atoms with Gasteiger partial charge in [-0.1, -0.05) is 26.3 Å². The Kier molecular flexibility index (Phi) is 7.01. The van der Waals surface area contributed by atoms with Crippen LogP contribution in [0.1, 0.15) is 26.2 Å². The number of hydrogen-bond acceptors (Lipinski definition) is 3. The highest BCUT2D eigenvalue weighted by atomic mass is 16.7. The molecule has 1 atom stereocenters. The second-order valence-corrected chi connectivity index (χ2v) is 2.62. The second-order valence-electron chi connectivity index (χ2n) is 2.62. The van der Waals surface area contributed by atoms with Gasteiger partial charge in [-0.2, -0.15) is 0 Å². The summed E-state index contributed by atoms with van der Waals surface area (Å²) in [5, 5.41) is 0. The van der Waals surface area contributed by atoms with Crippen molar-refractivity contribution >= 4 is 6.09 Å². The third kappa shape index (κ3) is 7.33. The lowest BCUT2D eigenvalue weighted by Gasteiger charge is -2.12. The third-order valence-corrected chi connectivity index (χ3v) is 1.45. The van der Waals surface area contributed by atoms with E-state index in [1.165, 1.54) is 6.08 Å². The minimum atomic E-state index is -0.847. The average molecular weight is 187 g/mol. The molecular weight excluding hydrogens is 170 g/mol. The predicted molar refractivity (Wildman–Crippen MR) is 50.1 cm³/mol. The Morgan fingerprint density at radius 1 is 1.62 bits per heavy atom. The van der Waals surface area contributed by atoms with Crippen LogP contribution in [0.4, 0.5) is 4.79 Å². The van der Waals surface area contributed by atoms with Crippen molar-refractivity contribution < 1.29 is 14.3 Å². The van der Waals surface area contributed by atoms with Crippen LogP contribution in [0.15, 0.2) is 12.7 Å². The SMILES string of the molecule is C=CC(OCCCCC)OC(N)=O. The number of rotatable bonds is 7. The van der Waals surface area contributed by atoms with Gasteiger partial charge in [0, 0.05) is 0 Å². The Balaban J connectivity index is 3.48. The zero-order valence-corrected chi connectivity index (χ0v) is 7.99.